The van der Waals surface area contributed by atoms with E-state index >= 15 is 0 Å². The van der Waals surface area contributed by atoms with E-state index in [1.54, 1.807) is 7.11 Å². The van der Waals surface area contributed by atoms with Gasteiger partial charge in [-0.05, 0) is 12.8 Å². The van der Waals surface area contributed by atoms with E-state index in [0.29, 0.717) is 6.54 Å². The van der Waals surface area contributed by atoms with Gasteiger partial charge < -0.3 is 15.2 Å². The van der Waals surface area contributed by atoms with Crippen LogP contribution < -0.4 is 5.32 Å². The van der Waals surface area contributed by atoms with Crippen molar-refractivity contribution in [2.75, 3.05) is 13.7 Å². The molecule has 0 aliphatic rings. The van der Waals surface area contributed by atoms with Crippen LogP contribution in [0.1, 0.15) is 20.8 Å². The second kappa shape index (κ2) is 5.94. The third-order valence-corrected chi connectivity index (χ3v) is 1.96. The minimum absolute atomic E-state index is 0.0422. The molecule has 0 bridgehead atoms. The van der Waals surface area contributed by atoms with E-state index in [-0.39, 0.29) is 12.0 Å². The van der Waals surface area contributed by atoms with Crippen molar-refractivity contribution in [1.29, 1.82) is 0 Å². The highest BCUT2D eigenvalue weighted by Gasteiger charge is 2.20. The molecule has 0 rings (SSSR count). The summed E-state index contributed by atoms with van der Waals surface area (Å²) < 4.78 is 5.00. The van der Waals surface area contributed by atoms with E-state index in [0.717, 1.165) is 0 Å². The average Bonchev–Trinajstić information content (AvgIpc) is 2.03. The Bertz CT molecular complexity index is 159. The third kappa shape index (κ3) is 4.85. The summed E-state index contributed by atoms with van der Waals surface area (Å²) in [6, 6.07) is -0.488. The number of hydrogen-bond acceptors (Lipinski definition) is 3. The molecule has 0 aromatic carbocycles. The smallest absolute Gasteiger partial charge is 0.320 e. The quantitative estimate of drug-likeness (QED) is 0.646. The van der Waals surface area contributed by atoms with Gasteiger partial charge in [0, 0.05) is 13.7 Å². The normalized spacial score (nSPS) is 15.8. The molecule has 0 fully saturated rings. The lowest BCUT2D eigenvalue weighted by atomic mass is 10.0. The number of carboxylic acid groups (broad SMARTS) is 1. The lowest BCUT2D eigenvalue weighted by Crippen LogP contribution is -2.44. The van der Waals surface area contributed by atoms with Gasteiger partial charge in [-0.1, -0.05) is 13.8 Å². The fourth-order valence-corrected chi connectivity index (χ4v) is 0.984. The Morgan fingerprint density at radius 2 is 2.00 bits per heavy atom. The Labute approximate surface area is 79.3 Å². The summed E-state index contributed by atoms with van der Waals surface area (Å²) in [5.74, 6) is -0.722. The molecule has 0 aromatic rings. The molecule has 0 aliphatic carbocycles. The lowest BCUT2D eigenvalue weighted by molar-refractivity contribution is -0.140. The first kappa shape index (κ1) is 12.4. The Morgan fingerprint density at radius 3 is 2.31 bits per heavy atom. The fourth-order valence-electron chi connectivity index (χ4n) is 0.984. The van der Waals surface area contributed by atoms with Crippen molar-refractivity contribution in [1.82, 2.24) is 5.32 Å². The van der Waals surface area contributed by atoms with Gasteiger partial charge in [-0.2, -0.15) is 0 Å². The molecule has 0 aromatic heterocycles. The van der Waals surface area contributed by atoms with Crippen molar-refractivity contribution in [2.24, 2.45) is 5.92 Å². The zero-order valence-electron chi connectivity index (χ0n) is 8.70. The summed E-state index contributed by atoms with van der Waals surface area (Å²) in [5, 5.41) is 11.8. The SMILES string of the molecule is COC(C)CNC(C(=O)O)C(C)C. The van der Waals surface area contributed by atoms with Gasteiger partial charge >= 0.3 is 5.97 Å². The van der Waals surface area contributed by atoms with Gasteiger partial charge in [0.2, 0.25) is 0 Å². The van der Waals surface area contributed by atoms with Crippen molar-refractivity contribution in [3.63, 3.8) is 0 Å². The number of carboxylic acids is 1. The number of hydrogen-bond donors (Lipinski definition) is 2. The minimum Gasteiger partial charge on any atom is -0.480 e. The molecule has 2 unspecified atom stereocenters. The number of aliphatic carboxylic acids is 1. The van der Waals surface area contributed by atoms with Gasteiger partial charge in [0.25, 0.3) is 0 Å². The van der Waals surface area contributed by atoms with Crippen molar-refractivity contribution >= 4 is 5.97 Å². The maximum atomic E-state index is 10.7. The van der Waals surface area contributed by atoms with E-state index < -0.39 is 12.0 Å². The van der Waals surface area contributed by atoms with E-state index in [9.17, 15) is 4.79 Å². The molecule has 0 amide bonds. The van der Waals surface area contributed by atoms with Crippen LogP contribution in [0, 0.1) is 5.92 Å². The molecule has 0 spiro atoms. The largest absolute Gasteiger partial charge is 0.480 e. The molecular weight excluding hydrogens is 170 g/mol. The Kier molecular flexibility index (Phi) is 5.66. The summed E-state index contributed by atoms with van der Waals surface area (Å²) in [6.07, 6.45) is 0.0422. The zero-order chi connectivity index (χ0) is 10.4. The molecule has 0 aliphatic heterocycles. The number of methoxy groups -OCH3 is 1. The first-order valence-corrected chi connectivity index (χ1v) is 4.48. The highest BCUT2D eigenvalue weighted by atomic mass is 16.5. The first-order valence-electron chi connectivity index (χ1n) is 4.48. The van der Waals surface area contributed by atoms with Crippen LogP contribution in [0.5, 0.6) is 0 Å². The van der Waals surface area contributed by atoms with Crippen molar-refractivity contribution in [3.8, 4) is 0 Å². The molecule has 2 N–H and O–H groups in total. The van der Waals surface area contributed by atoms with Crippen LogP contribution in [-0.4, -0.2) is 36.9 Å². The molecule has 0 radical (unpaired) electrons. The average molecular weight is 189 g/mol. The number of ether oxygens (including phenoxy) is 1. The number of nitrogens with one attached hydrogen (secondary N) is 1. The summed E-state index contributed by atoms with van der Waals surface area (Å²) in [4.78, 5) is 10.7. The van der Waals surface area contributed by atoms with Crippen molar-refractivity contribution in [2.45, 2.75) is 32.9 Å². The first-order chi connectivity index (χ1) is 5.99. The molecule has 0 heterocycles. The highest BCUT2D eigenvalue weighted by molar-refractivity contribution is 5.73. The maximum absolute atomic E-state index is 10.7. The fraction of sp³-hybridized carbons (Fsp3) is 0.889. The van der Waals surface area contributed by atoms with Crippen LogP contribution >= 0.6 is 0 Å². The van der Waals surface area contributed by atoms with Crippen LogP contribution in [0.3, 0.4) is 0 Å². The monoisotopic (exact) mass is 189 g/mol. The van der Waals surface area contributed by atoms with Crippen LogP contribution in [0.25, 0.3) is 0 Å². The van der Waals surface area contributed by atoms with E-state index in [1.807, 2.05) is 20.8 Å². The highest BCUT2D eigenvalue weighted by Crippen LogP contribution is 2.01. The Balaban J connectivity index is 3.90. The van der Waals surface area contributed by atoms with Crippen LogP contribution in [0.2, 0.25) is 0 Å². The predicted molar refractivity (Wildman–Crippen MR) is 50.7 cm³/mol. The standard InChI is InChI=1S/C9H19NO3/c1-6(2)8(9(11)12)10-5-7(3)13-4/h6-8,10H,5H2,1-4H3,(H,11,12). The molecule has 78 valence electrons. The molecule has 0 saturated carbocycles. The summed E-state index contributed by atoms with van der Waals surface area (Å²) in [7, 11) is 1.61. The summed E-state index contributed by atoms with van der Waals surface area (Å²) in [6.45, 7) is 6.21. The topological polar surface area (TPSA) is 58.6 Å². The Hall–Kier alpha value is -0.610. The number of rotatable bonds is 6. The van der Waals surface area contributed by atoms with Gasteiger partial charge in [-0.15, -0.1) is 0 Å². The predicted octanol–water partition coefficient (Wildman–Crippen LogP) is 0.720. The summed E-state index contributed by atoms with van der Waals surface area (Å²) in [5.41, 5.74) is 0. The molecule has 2 atom stereocenters. The zero-order valence-corrected chi connectivity index (χ0v) is 8.70. The molecular formula is C9H19NO3. The van der Waals surface area contributed by atoms with Crippen LogP contribution in [0.15, 0.2) is 0 Å². The van der Waals surface area contributed by atoms with Gasteiger partial charge in [-0.25, -0.2) is 0 Å². The molecule has 13 heavy (non-hydrogen) atoms. The maximum Gasteiger partial charge on any atom is 0.320 e. The van der Waals surface area contributed by atoms with E-state index in [1.165, 1.54) is 0 Å². The van der Waals surface area contributed by atoms with Gasteiger partial charge in [-0.3, -0.25) is 4.79 Å². The third-order valence-electron chi connectivity index (χ3n) is 1.96. The van der Waals surface area contributed by atoms with Crippen molar-refractivity contribution < 1.29 is 14.6 Å². The molecule has 4 heteroatoms. The molecule has 0 saturated heterocycles. The summed E-state index contributed by atoms with van der Waals surface area (Å²) >= 11 is 0. The van der Waals surface area contributed by atoms with Crippen molar-refractivity contribution in [3.05, 3.63) is 0 Å². The van der Waals surface area contributed by atoms with Gasteiger partial charge in [0.1, 0.15) is 6.04 Å². The second-order valence-corrected chi connectivity index (χ2v) is 3.51. The van der Waals surface area contributed by atoms with Gasteiger partial charge in [0.05, 0.1) is 6.10 Å². The van der Waals surface area contributed by atoms with E-state index in [4.69, 9.17) is 9.84 Å². The second-order valence-electron chi connectivity index (χ2n) is 3.51. The lowest BCUT2D eigenvalue weighted by Gasteiger charge is -2.19. The van der Waals surface area contributed by atoms with E-state index in [2.05, 4.69) is 5.32 Å². The Morgan fingerprint density at radius 1 is 1.46 bits per heavy atom. The van der Waals surface area contributed by atoms with Crippen LogP contribution in [0.4, 0.5) is 0 Å². The minimum atomic E-state index is -0.807. The molecule has 4 nitrogen and oxygen atoms in total. The van der Waals surface area contributed by atoms with Gasteiger partial charge in [0.15, 0.2) is 0 Å². The van der Waals surface area contributed by atoms with Crippen LogP contribution in [-0.2, 0) is 9.53 Å². The number of carbonyl (C=O) groups is 1.